The van der Waals surface area contributed by atoms with Crippen LogP contribution >= 0.6 is 24.8 Å². The van der Waals surface area contributed by atoms with E-state index in [1.165, 1.54) is 12.8 Å². The highest BCUT2D eigenvalue weighted by Crippen LogP contribution is 2.32. The minimum Gasteiger partial charge on any atom is -0.371 e. The van der Waals surface area contributed by atoms with Crippen LogP contribution in [0.4, 0.5) is 5.69 Å². The lowest BCUT2D eigenvalue weighted by Crippen LogP contribution is -2.35. The Bertz CT molecular complexity index is 575. The second kappa shape index (κ2) is 8.41. The maximum atomic E-state index is 13.0. The van der Waals surface area contributed by atoms with Crippen molar-refractivity contribution >= 4 is 36.4 Å². The number of rotatable bonds is 3. The molecule has 136 valence electrons. The van der Waals surface area contributed by atoms with Gasteiger partial charge in [0.25, 0.3) is 5.91 Å². The summed E-state index contributed by atoms with van der Waals surface area (Å²) in [5.74, 6) is 0.169. The molecular weight excluding hydrogens is 345 g/mol. The van der Waals surface area contributed by atoms with Crippen molar-refractivity contribution in [3.05, 3.63) is 29.3 Å². The minimum atomic E-state index is 0. The quantitative estimate of drug-likeness (QED) is 0.884. The first-order valence-corrected chi connectivity index (χ1v) is 8.37. The third kappa shape index (κ3) is 4.16. The van der Waals surface area contributed by atoms with Gasteiger partial charge in [0.1, 0.15) is 0 Å². The molecule has 1 amide bonds. The molecule has 2 aliphatic rings. The zero-order chi connectivity index (χ0) is 15.7. The first-order chi connectivity index (χ1) is 10.5. The lowest BCUT2D eigenvalue weighted by molar-refractivity contribution is 0.0777. The minimum absolute atomic E-state index is 0. The summed E-state index contributed by atoms with van der Waals surface area (Å²) in [5, 5.41) is 0. The number of aryl methyl sites for hydroxylation is 1. The van der Waals surface area contributed by atoms with Crippen molar-refractivity contribution in [2.45, 2.75) is 33.1 Å². The number of nitrogens with zero attached hydrogens (tertiary/aromatic N) is 2. The van der Waals surface area contributed by atoms with E-state index in [4.69, 9.17) is 5.73 Å². The molecule has 2 saturated heterocycles. The maximum absolute atomic E-state index is 13.0. The fourth-order valence-electron chi connectivity index (χ4n) is 3.59. The number of hydrogen-bond acceptors (Lipinski definition) is 3. The van der Waals surface area contributed by atoms with Crippen molar-refractivity contribution in [1.29, 1.82) is 0 Å². The van der Waals surface area contributed by atoms with Crippen LogP contribution in [0.5, 0.6) is 0 Å². The summed E-state index contributed by atoms with van der Waals surface area (Å²) < 4.78 is 0. The summed E-state index contributed by atoms with van der Waals surface area (Å²) in [6.45, 7) is 8.59. The molecule has 1 unspecified atom stereocenters. The predicted octanol–water partition coefficient (Wildman–Crippen LogP) is 3.25. The van der Waals surface area contributed by atoms with Gasteiger partial charge in [-0.1, -0.05) is 18.6 Å². The molecular formula is C18H29Cl2N3O. The Labute approximate surface area is 157 Å². The van der Waals surface area contributed by atoms with Gasteiger partial charge >= 0.3 is 0 Å². The van der Waals surface area contributed by atoms with Crippen LogP contribution in [0.15, 0.2) is 18.2 Å². The first-order valence-electron chi connectivity index (χ1n) is 8.37. The topological polar surface area (TPSA) is 49.6 Å². The van der Waals surface area contributed by atoms with Crippen LogP contribution in [0.1, 0.15) is 42.1 Å². The number of carbonyl (C=O) groups excluding carboxylic acids is 1. The Hall–Kier alpha value is -0.970. The molecule has 0 radical (unpaired) electrons. The van der Waals surface area contributed by atoms with Crippen molar-refractivity contribution in [2.75, 3.05) is 37.6 Å². The standard InChI is InChI=1S/C18H27N3O.2ClH/c1-14-5-6-16(20-8-3-4-9-20)15(11-14)17(22)21-10-7-18(2,12-19)13-21;;/h5-6,11H,3-4,7-10,12-13,19H2,1-2H3;2*1H. The molecule has 0 aromatic heterocycles. The summed E-state index contributed by atoms with van der Waals surface area (Å²) in [7, 11) is 0. The van der Waals surface area contributed by atoms with Gasteiger partial charge in [-0.05, 0) is 50.3 Å². The van der Waals surface area contributed by atoms with Crippen molar-refractivity contribution < 1.29 is 4.79 Å². The molecule has 3 rings (SSSR count). The van der Waals surface area contributed by atoms with E-state index in [1.54, 1.807) is 0 Å². The molecule has 1 aromatic rings. The average molecular weight is 374 g/mol. The van der Waals surface area contributed by atoms with Crippen molar-refractivity contribution in [3.63, 3.8) is 0 Å². The Morgan fingerprint density at radius 2 is 1.88 bits per heavy atom. The third-order valence-electron chi connectivity index (χ3n) is 5.17. The molecule has 2 aliphatic heterocycles. The summed E-state index contributed by atoms with van der Waals surface area (Å²) in [6.07, 6.45) is 3.44. The summed E-state index contributed by atoms with van der Waals surface area (Å²) in [4.78, 5) is 17.4. The van der Waals surface area contributed by atoms with Gasteiger partial charge in [0, 0.05) is 31.9 Å². The zero-order valence-electron chi connectivity index (χ0n) is 14.6. The first kappa shape index (κ1) is 21.1. The van der Waals surface area contributed by atoms with E-state index >= 15 is 0 Å². The summed E-state index contributed by atoms with van der Waals surface area (Å²) >= 11 is 0. The van der Waals surface area contributed by atoms with Crippen LogP contribution in [-0.2, 0) is 0 Å². The molecule has 1 atom stereocenters. The lowest BCUT2D eigenvalue weighted by Gasteiger charge is -2.26. The Balaban J connectivity index is 0.00000144. The molecule has 2 N–H and O–H groups in total. The van der Waals surface area contributed by atoms with Crippen molar-refractivity contribution in [3.8, 4) is 0 Å². The predicted molar refractivity (Wildman–Crippen MR) is 105 cm³/mol. The Morgan fingerprint density at radius 1 is 1.21 bits per heavy atom. The normalized spacial score (nSPS) is 23.0. The fourth-order valence-corrected chi connectivity index (χ4v) is 3.59. The highest BCUT2D eigenvalue weighted by atomic mass is 35.5. The summed E-state index contributed by atoms with van der Waals surface area (Å²) in [5.41, 5.74) is 9.07. The van der Waals surface area contributed by atoms with E-state index in [0.29, 0.717) is 6.54 Å². The van der Waals surface area contributed by atoms with Crippen LogP contribution in [0.2, 0.25) is 0 Å². The van der Waals surface area contributed by atoms with E-state index in [2.05, 4.69) is 30.9 Å². The molecule has 0 bridgehead atoms. The number of amides is 1. The van der Waals surface area contributed by atoms with E-state index in [1.807, 2.05) is 11.0 Å². The molecule has 4 nitrogen and oxygen atoms in total. The highest BCUT2D eigenvalue weighted by Gasteiger charge is 2.36. The molecule has 24 heavy (non-hydrogen) atoms. The van der Waals surface area contributed by atoms with Gasteiger partial charge in [-0.2, -0.15) is 0 Å². The van der Waals surface area contributed by atoms with E-state index in [-0.39, 0.29) is 36.1 Å². The van der Waals surface area contributed by atoms with E-state index in [0.717, 1.165) is 49.4 Å². The molecule has 2 heterocycles. The number of likely N-dealkylation sites (tertiary alicyclic amines) is 1. The van der Waals surface area contributed by atoms with Gasteiger partial charge in [-0.25, -0.2) is 0 Å². The van der Waals surface area contributed by atoms with Gasteiger partial charge in [-0.3, -0.25) is 4.79 Å². The van der Waals surface area contributed by atoms with Crippen LogP contribution in [0, 0.1) is 12.3 Å². The monoisotopic (exact) mass is 373 g/mol. The molecule has 0 spiro atoms. The number of nitrogens with two attached hydrogens (primary N) is 1. The van der Waals surface area contributed by atoms with Gasteiger partial charge in [0.05, 0.1) is 5.56 Å². The van der Waals surface area contributed by atoms with Gasteiger partial charge in [-0.15, -0.1) is 24.8 Å². The number of hydrogen-bond donors (Lipinski definition) is 1. The second-order valence-electron chi connectivity index (χ2n) is 7.21. The summed E-state index contributed by atoms with van der Waals surface area (Å²) in [6, 6.07) is 6.28. The van der Waals surface area contributed by atoms with Gasteiger partial charge in [0.15, 0.2) is 0 Å². The van der Waals surface area contributed by atoms with Crippen LogP contribution in [0.3, 0.4) is 0 Å². The Morgan fingerprint density at radius 3 is 2.46 bits per heavy atom. The highest BCUT2D eigenvalue weighted by molar-refractivity contribution is 6.00. The smallest absolute Gasteiger partial charge is 0.255 e. The molecule has 0 saturated carbocycles. The largest absolute Gasteiger partial charge is 0.371 e. The van der Waals surface area contributed by atoms with Crippen LogP contribution < -0.4 is 10.6 Å². The average Bonchev–Trinajstić information content (AvgIpc) is 3.17. The van der Waals surface area contributed by atoms with Gasteiger partial charge < -0.3 is 15.5 Å². The zero-order valence-corrected chi connectivity index (χ0v) is 16.2. The SMILES string of the molecule is Cc1ccc(N2CCCC2)c(C(=O)N2CCC(C)(CN)C2)c1.Cl.Cl. The van der Waals surface area contributed by atoms with E-state index < -0.39 is 0 Å². The fraction of sp³-hybridized carbons (Fsp3) is 0.611. The lowest BCUT2D eigenvalue weighted by atomic mass is 9.90. The molecule has 0 aliphatic carbocycles. The molecule has 2 fully saturated rings. The van der Waals surface area contributed by atoms with Crippen LogP contribution in [0.25, 0.3) is 0 Å². The number of halogens is 2. The maximum Gasteiger partial charge on any atom is 0.255 e. The van der Waals surface area contributed by atoms with Gasteiger partial charge in [0.2, 0.25) is 0 Å². The van der Waals surface area contributed by atoms with E-state index in [9.17, 15) is 4.79 Å². The van der Waals surface area contributed by atoms with Crippen molar-refractivity contribution in [1.82, 2.24) is 4.90 Å². The number of carbonyl (C=O) groups is 1. The number of benzene rings is 1. The molecule has 6 heteroatoms. The Kier molecular flexibility index (Phi) is 7.39. The second-order valence-corrected chi connectivity index (χ2v) is 7.21. The third-order valence-corrected chi connectivity index (χ3v) is 5.17. The van der Waals surface area contributed by atoms with Crippen LogP contribution in [-0.4, -0.2) is 43.5 Å². The molecule has 1 aromatic carbocycles. The van der Waals surface area contributed by atoms with Crippen molar-refractivity contribution in [2.24, 2.45) is 11.1 Å². The number of anilines is 1.